The summed E-state index contributed by atoms with van der Waals surface area (Å²) in [5, 5.41) is 0. The largest absolute Gasteiger partial charge is 0.302 e. The van der Waals surface area contributed by atoms with Crippen LogP contribution in [-0.2, 0) is 31.7 Å². The third-order valence-electron chi connectivity index (χ3n) is 6.32. The molecule has 136 valence electrons. The average Bonchev–Trinajstić information content (AvgIpc) is 3.25. The van der Waals surface area contributed by atoms with Gasteiger partial charge in [0.2, 0.25) is 0 Å². The van der Waals surface area contributed by atoms with Gasteiger partial charge < -0.3 is 4.90 Å². The topological polar surface area (TPSA) is 6.48 Å². The third kappa shape index (κ3) is 2.91. The first kappa shape index (κ1) is 20.9. The van der Waals surface area contributed by atoms with E-state index in [-0.39, 0.29) is 31.7 Å². The quantitative estimate of drug-likeness (QED) is 0.571. The molecule has 3 aliphatic carbocycles. The van der Waals surface area contributed by atoms with Crippen LogP contribution in [0.4, 0.5) is 0 Å². The summed E-state index contributed by atoms with van der Waals surface area (Å²) in [5.41, 5.74) is 9.54. The average molecular weight is 417 g/mol. The molecule has 0 aromatic heterocycles. The zero-order chi connectivity index (χ0) is 17.5. The summed E-state index contributed by atoms with van der Waals surface area (Å²) >= 11 is 0. The molecule has 0 amide bonds. The molecule has 1 aromatic rings. The minimum atomic E-state index is 0. The van der Waals surface area contributed by atoms with Crippen LogP contribution in [0.2, 0.25) is 0 Å². The van der Waals surface area contributed by atoms with Crippen molar-refractivity contribution in [1.82, 2.24) is 9.80 Å². The predicted molar refractivity (Wildman–Crippen MR) is 105 cm³/mol. The maximum Gasteiger partial charge on any atom is 0.0259 e. The van der Waals surface area contributed by atoms with Crippen LogP contribution in [0.1, 0.15) is 61.9 Å². The van der Waals surface area contributed by atoms with E-state index in [1.807, 2.05) is 0 Å². The second kappa shape index (κ2) is 8.11. The van der Waals surface area contributed by atoms with E-state index in [9.17, 15) is 0 Å². The fraction of sp³-hybridized carbons (Fsp3) is 0.591. The molecule has 2 nitrogen and oxygen atoms in total. The Labute approximate surface area is 173 Å². The van der Waals surface area contributed by atoms with Gasteiger partial charge in [0, 0.05) is 38.3 Å². The van der Waals surface area contributed by atoms with Crippen LogP contribution in [0, 0.1) is 13.8 Å². The zero-order valence-corrected chi connectivity index (χ0v) is 19.3. The molecular weight excluding hydrogens is 383 g/mol. The molecule has 3 heteroatoms. The number of hydrogen-bond donors (Lipinski definition) is 0. The van der Waals surface area contributed by atoms with E-state index in [4.69, 9.17) is 0 Å². The smallest absolute Gasteiger partial charge is 0.0259 e. The molecule has 0 aliphatic heterocycles. The van der Waals surface area contributed by atoms with Crippen molar-refractivity contribution >= 4 is 5.57 Å². The minimum Gasteiger partial charge on any atom is -0.302 e. The molecule has 1 atom stereocenters. The molecule has 2 bridgehead atoms. The van der Waals surface area contributed by atoms with Gasteiger partial charge in [-0.05, 0) is 32.6 Å². The van der Waals surface area contributed by atoms with Gasteiger partial charge in [0.05, 0.1) is 0 Å². The second-order valence-corrected chi connectivity index (χ2v) is 7.19. The van der Waals surface area contributed by atoms with E-state index in [1.165, 1.54) is 11.1 Å². The Morgan fingerprint density at radius 3 is 2.20 bits per heavy atom. The summed E-state index contributed by atoms with van der Waals surface area (Å²) in [6, 6.07) is 0. The van der Waals surface area contributed by atoms with Gasteiger partial charge >= 0.3 is 0 Å². The Bertz CT molecular complexity index is 675. The van der Waals surface area contributed by atoms with Crippen molar-refractivity contribution < 1.29 is 26.2 Å². The van der Waals surface area contributed by atoms with E-state index in [0.29, 0.717) is 0 Å². The summed E-state index contributed by atoms with van der Waals surface area (Å²) < 4.78 is 0. The molecule has 0 saturated heterocycles. The number of hydrogen-bond acceptors (Lipinski definition) is 2. The minimum absolute atomic E-state index is 0. The van der Waals surface area contributed by atoms with E-state index >= 15 is 0 Å². The summed E-state index contributed by atoms with van der Waals surface area (Å²) in [6.45, 7) is 19.5. The molecule has 0 fully saturated rings. The first-order chi connectivity index (χ1) is 11.6. The molecule has 0 spiro atoms. The van der Waals surface area contributed by atoms with E-state index < -0.39 is 0 Å². The van der Waals surface area contributed by atoms with Crippen LogP contribution >= 0.6 is 0 Å². The van der Waals surface area contributed by atoms with Gasteiger partial charge in [-0.15, -0.1) is 33.9 Å². The maximum atomic E-state index is 2.70. The van der Waals surface area contributed by atoms with Crippen LogP contribution in [-0.4, -0.2) is 42.5 Å². The zero-order valence-electron chi connectivity index (χ0n) is 16.9. The van der Waals surface area contributed by atoms with Crippen LogP contribution in [0.15, 0.2) is 18.2 Å². The summed E-state index contributed by atoms with van der Waals surface area (Å²) in [5.74, 6) is 0. The van der Waals surface area contributed by atoms with Crippen molar-refractivity contribution in [2.24, 2.45) is 0 Å². The number of likely N-dealkylation sites (N-methyl/N-ethyl adjacent to an activating group) is 2. The van der Waals surface area contributed by atoms with E-state index in [1.54, 1.807) is 22.3 Å². The number of rotatable bonds is 8. The van der Waals surface area contributed by atoms with Crippen LogP contribution in [0.25, 0.3) is 5.57 Å². The fourth-order valence-corrected chi connectivity index (χ4v) is 5.25. The number of nitrogens with zero attached hydrogens (tertiary/aromatic N) is 2. The second-order valence-electron chi connectivity index (χ2n) is 7.19. The van der Waals surface area contributed by atoms with Crippen molar-refractivity contribution in [3.8, 4) is 0 Å². The van der Waals surface area contributed by atoms with Crippen LogP contribution in [0.5, 0.6) is 0 Å². The summed E-state index contributed by atoms with van der Waals surface area (Å²) in [6.07, 6.45) is 7.92. The number of aryl methyl sites for hydroxylation is 1. The first-order valence-electron chi connectivity index (χ1n) is 9.70. The molecule has 25 heavy (non-hydrogen) atoms. The van der Waals surface area contributed by atoms with Gasteiger partial charge in [-0.1, -0.05) is 53.7 Å². The van der Waals surface area contributed by atoms with E-state index in [0.717, 1.165) is 39.1 Å². The SMILES string of the molecule is CCN(CC)CC1(N(CC)CC)c2c(C)c1[c-](C)c2C1=CC=CC1.[Zr]. The van der Waals surface area contributed by atoms with E-state index in [2.05, 4.69) is 69.6 Å². The number of allylic oxidation sites excluding steroid dienone is 4. The predicted octanol–water partition coefficient (Wildman–Crippen LogP) is 4.60. The maximum absolute atomic E-state index is 2.70. The number of fused-ring (bicyclic) bond motifs is 1. The van der Waals surface area contributed by atoms with Crippen molar-refractivity contribution in [1.29, 1.82) is 0 Å². The molecule has 4 rings (SSSR count). The van der Waals surface area contributed by atoms with Crippen LogP contribution in [0.3, 0.4) is 0 Å². The first-order valence-corrected chi connectivity index (χ1v) is 9.70. The Morgan fingerprint density at radius 1 is 1.08 bits per heavy atom. The van der Waals surface area contributed by atoms with Crippen molar-refractivity contribution in [2.45, 2.75) is 53.5 Å². The Morgan fingerprint density at radius 2 is 1.72 bits per heavy atom. The van der Waals surface area contributed by atoms with Crippen molar-refractivity contribution in [3.05, 3.63) is 46.0 Å². The van der Waals surface area contributed by atoms with Gasteiger partial charge in [0.25, 0.3) is 0 Å². The third-order valence-corrected chi connectivity index (χ3v) is 6.32. The van der Waals surface area contributed by atoms with Crippen LogP contribution < -0.4 is 0 Å². The van der Waals surface area contributed by atoms with Gasteiger partial charge in [-0.2, -0.15) is 5.56 Å². The standard InChI is InChI=1S/C22H33N2.Zr/c1-7-23(8-2)15-22(24(9-3)10-4)20-16(5)19(21(22)17(20)6)18-13-11-12-14-18;/h11-13H,7-10,14-15H2,1-6H3;/q-1;. The Kier molecular flexibility index (Phi) is 6.79. The molecule has 1 aromatic carbocycles. The normalized spacial score (nSPS) is 20.9. The van der Waals surface area contributed by atoms with Gasteiger partial charge in [-0.25, -0.2) is 0 Å². The van der Waals surface area contributed by atoms with Crippen molar-refractivity contribution in [2.75, 3.05) is 32.7 Å². The Balaban J connectivity index is 0.00000225. The van der Waals surface area contributed by atoms with Crippen molar-refractivity contribution in [3.63, 3.8) is 0 Å². The molecule has 0 radical (unpaired) electrons. The Hall–Kier alpha value is -0.367. The van der Waals surface area contributed by atoms with Gasteiger partial charge in [0.15, 0.2) is 0 Å². The molecule has 3 aliphatic rings. The summed E-state index contributed by atoms with van der Waals surface area (Å²) in [7, 11) is 0. The fourth-order valence-electron chi connectivity index (χ4n) is 5.25. The van der Waals surface area contributed by atoms with Gasteiger partial charge in [0.1, 0.15) is 0 Å². The molecule has 0 heterocycles. The molecule has 0 N–H and O–H groups in total. The molecule has 0 saturated carbocycles. The molecule has 1 unspecified atom stereocenters. The van der Waals surface area contributed by atoms with Gasteiger partial charge in [-0.3, -0.25) is 4.90 Å². The summed E-state index contributed by atoms with van der Waals surface area (Å²) in [4.78, 5) is 5.30. The molecular formula is C22H33N2Zr-. The monoisotopic (exact) mass is 415 g/mol.